The average Bonchev–Trinajstić information content (AvgIpc) is 3.08. The van der Waals surface area contributed by atoms with Crippen LogP contribution in [0, 0.1) is 0 Å². The normalized spacial score (nSPS) is 13.5. The van der Waals surface area contributed by atoms with Crippen LogP contribution >= 0.6 is 0 Å². The Labute approximate surface area is 175 Å². The van der Waals surface area contributed by atoms with Gasteiger partial charge in [-0.25, -0.2) is 0 Å². The van der Waals surface area contributed by atoms with Crippen molar-refractivity contribution < 1.29 is 63.4 Å². The van der Waals surface area contributed by atoms with Gasteiger partial charge in [0, 0.05) is 5.92 Å². The number of rotatable bonds is 2. The Bertz CT molecular complexity index is 662. The van der Waals surface area contributed by atoms with Crippen LogP contribution in [0.1, 0.15) is 29.9 Å². The van der Waals surface area contributed by atoms with Crippen molar-refractivity contribution in [3.05, 3.63) is 83.5 Å². The zero-order valence-electron chi connectivity index (χ0n) is 12.5. The first kappa shape index (κ1) is 22.7. The zero-order chi connectivity index (χ0) is 12.7. The topological polar surface area (TPSA) is 0 Å². The molecule has 0 bridgehead atoms. The van der Waals surface area contributed by atoms with Gasteiger partial charge in [0.05, 0.1) is 0 Å². The van der Waals surface area contributed by atoms with Crippen LogP contribution in [-0.4, -0.2) is 0 Å². The van der Waals surface area contributed by atoms with Gasteiger partial charge in [-0.1, -0.05) is 72.3 Å². The summed E-state index contributed by atoms with van der Waals surface area (Å²) in [5.41, 5.74) is 7.40. The number of allylic oxidation sites excluding steroid dienone is 4. The first-order chi connectivity index (χ1) is 9.43. The predicted molar refractivity (Wildman–Crippen MR) is 80.2 cm³/mol. The molecule has 0 aromatic heterocycles. The molecule has 0 saturated carbocycles. The summed E-state index contributed by atoms with van der Waals surface area (Å²) < 4.78 is 0. The van der Waals surface area contributed by atoms with Gasteiger partial charge in [0.1, 0.15) is 0 Å². The molecule has 117 valence electrons. The minimum absolute atomic E-state index is 0. The quantitative estimate of drug-likeness (QED) is 0.447. The van der Waals surface area contributed by atoms with Crippen LogP contribution in [-0.2, 0) is 26.2 Å². The first-order valence-corrected chi connectivity index (χ1v) is 6.96. The summed E-state index contributed by atoms with van der Waals surface area (Å²) in [7, 11) is 0. The maximum atomic E-state index is 2.29. The fourth-order valence-corrected chi connectivity index (χ4v) is 3.38. The van der Waals surface area contributed by atoms with E-state index in [0.717, 1.165) is 12.8 Å². The van der Waals surface area contributed by atoms with Gasteiger partial charge in [0.25, 0.3) is 0 Å². The molecule has 4 heteroatoms. The van der Waals surface area contributed by atoms with E-state index in [1.165, 1.54) is 22.3 Å². The molecule has 1 radical (unpaired) electrons. The van der Waals surface area contributed by atoms with E-state index in [9.17, 15) is 0 Å². The van der Waals surface area contributed by atoms with E-state index >= 15 is 0 Å². The predicted octanol–water partition coefficient (Wildman–Crippen LogP) is -3.92. The molecule has 0 nitrogen and oxygen atoms in total. The molecular formula is C19H16Cl3Zr. The molecule has 0 unspecified atom stereocenters. The van der Waals surface area contributed by atoms with Crippen LogP contribution in [0.2, 0.25) is 0 Å². The van der Waals surface area contributed by atoms with Crippen molar-refractivity contribution in [2.24, 2.45) is 0 Å². The van der Waals surface area contributed by atoms with E-state index in [2.05, 4.69) is 66.8 Å². The smallest absolute Gasteiger partial charge is 1.00 e. The van der Waals surface area contributed by atoms with Gasteiger partial charge in [-0.3, -0.25) is 0 Å². The van der Waals surface area contributed by atoms with Crippen LogP contribution in [0.5, 0.6) is 0 Å². The first-order valence-electron chi connectivity index (χ1n) is 6.96. The molecule has 23 heavy (non-hydrogen) atoms. The summed E-state index contributed by atoms with van der Waals surface area (Å²) in [6.07, 6.45) is 9.00. The van der Waals surface area contributed by atoms with E-state index < -0.39 is 0 Å². The number of hydrogen-bond donors (Lipinski definition) is 0. The third-order valence-corrected chi connectivity index (χ3v) is 4.28. The molecule has 0 fully saturated rings. The zero-order valence-corrected chi connectivity index (χ0v) is 17.2. The Morgan fingerprint density at radius 2 is 1.30 bits per heavy atom. The third kappa shape index (κ3) is 4.20. The maximum absolute atomic E-state index is 2.29. The van der Waals surface area contributed by atoms with E-state index in [1.807, 2.05) is 0 Å². The van der Waals surface area contributed by atoms with Crippen molar-refractivity contribution in [1.29, 1.82) is 0 Å². The molecule has 0 amide bonds. The van der Waals surface area contributed by atoms with E-state index in [1.54, 1.807) is 5.57 Å². The van der Waals surface area contributed by atoms with E-state index in [0.29, 0.717) is 5.92 Å². The molecular weight excluding hydrogens is 426 g/mol. The molecule has 0 N–H and O–H groups in total. The van der Waals surface area contributed by atoms with Crippen molar-refractivity contribution in [2.45, 2.75) is 18.8 Å². The van der Waals surface area contributed by atoms with Gasteiger partial charge in [-0.2, -0.15) is 0 Å². The number of halogens is 3. The maximum Gasteiger partial charge on any atom is 3.00 e. The second-order valence-electron chi connectivity index (χ2n) is 5.39. The van der Waals surface area contributed by atoms with Crippen molar-refractivity contribution in [3.8, 4) is 11.1 Å². The summed E-state index contributed by atoms with van der Waals surface area (Å²) >= 11 is 0. The third-order valence-electron chi connectivity index (χ3n) is 4.28. The molecule has 2 aromatic rings. The molecule has 2 aliphatic carbocycles. The van der Waals surface area contributed by atoms with Crippen LogP contribution in [0.4, 0.5) is 0 Å². The van der Waals surface area contributed by atoms with Crippen molar-refractivity contribution in [2.75, 3.05) is 0 Å². The molecule has 0 atom stereocenters. The minimum Gasteiger partial charge on any atom is -1.00 e. The Morgan fingerprint density at radius 1 is 0.783 bits per heavy atom. The van der Waals surface area contributed by atoms with E-state index in [-0.39, 0.29) is 63.4 Å². The fourth-order valence-electron chi connectivity index (χ4n) is 3.38. The van der Waals surface area contributed by atoms with Crippen LogP contribution < -0.4 is 37.2 Å². The molecule has 2 aromatic carbocycles. The van der Waals surface area contributed by atoms with Gasteiger partial charge in [0.15, 0.2) is 0 Å². The van der Waals surface area contributed by atoms with Gasteiger partial charge < -0.3 is 37.2 Å². The Hall–Kier alpha value is -0.327. The molecule has 0 saturated heterocycles. The molecule has 0 heterocycles. The Morgan fingerprint density at radius 3 is 1.78 bits per heavy atom. The van der Waals surface area contributed by atoms with Gasteiger partial charge >= 0.3 is 26.2 Å². The average molecular weight is 442 g/mol. The van der Waals surface area contributed by atoms with Gasteiger partial charge in [-0.15, -0.1) is 0 Å². The van der Waals surface area contributed by atoms with Crippen LogP contribution in [0.25, 0.3) is 11.1 Å². The number of benzene rings is 2. The van der Waals surface area contributed by atoms with Crippen molar-refractivity contribution >= 4 is 0 Å². The molecule has 0 aliphatic heterocycles. The Balaban J connectivity index is 0.00000121. The SMILES string of the molecule is C1=CCC(CC2c3ccccc3-c3ccccc32)=C1.[Cl-].[Cl-].[Cl-].[Zr+3]. The summed E-state index contributed by atoms with van der Waals surface area (Å²) in [5, 5.41) is 0. The fraction of sp³-hybridized carbons (Fsp3) is 0.158. The summed E-state index contributed by atoms with van der Waals surface area (Å²) in [5.74, 6) is 0.540. The van der Waals surface area contributed by atoms with Gasteiger partial charge in [0.2, 0.25) is 0 Å². The summed E-state index contributed by atoms with van der Waals surface area (Å²) in [6.45, 7) is 0. The second kappa shape index (κ2) is 9.85. The summed E-state index contributed by atoms with van der Waals surface area (Å²) in [4.78, 5) is 0. The van der Waals surface area contributed by atoms with Crippen molar-refractivity contribution in [1.82, 2.24) is 0 Å². The minimum atomic E-state index is 0. The number of fused-ring (bicyclic) bond motifs is 3. The van der Waals surface area contributed by atoms with E-state index in [4.69, 9.17) is 0 Å². The summed E-state index contributed by atoms with van der Waals surface area (Å²) in [6, 6.07) is 17.7. The van der Waals surface area contributed by atoms with Crippen LogP contribution in [0.15, 0.2) is 72.3 Å². The van der Waals surface area contributed by atoms with Crippen molar-refractivity contribution in [3.63, 3.8) is 0 Å². The molecule has 0 spiro atoms. The Kier molecular flexibility index (Phi) is 9.71. The second-order valence-corrected chi connectivity index (χ2v) is 5.39. The standard InChI is InChI=1S/C19H16.3ClH.Zr/c1-2-8-14(7-1)13-19-17-11-5-3-9-15(17)16-10-4-6-12-18(16)19;;;;/h1-7,9-12,19H,8,13H2;3*1H;/q;;;;+3/p-3. The monoisotopic (exact) mass is 439 g/mol. The largest absolute Gasteiger partial charge is 3.00 e. The molecule has 4 rings (SSSR count). The molecule has 2 aliphatic rings. The number of hydrogen-bond acceptors (Lipinski definition) is 0. The van der Waals surface area contributed by atoms with Crippen LogP contribution in [0.3, 0.4) is 0 Å². The van der Waals surface area contributed by atoms with Gasteiger partial charge in [-0.05, 0) is 35.1 Å².